The van der Waals surface area contributed by atoms with Crippen LogP contribution in [0.4, 0.5) is 0 Å². The van der Waals surface area contributed by atoms with E-state index in [-0.39, 0.29) is 24.9 Å². The Morgan fingerprint density at radius 1 is 1.44 bits per heavy atom. The average molecular weight is 248 g/mol. The number of carboxylic acid groups (broad SMARTS) is 1. The maximum atomic E-state index is 12.3. The Hall–Kier alpha value is -1.91. The lowest BCUT2D eigenvalue weighted by Crippen LogP contribution is -2.35. The van der Waals surface area contributed by atoms with Gasteiger partial charge >= 0.3 is 5.97 Å². The first kappa shape index (κ1) is 12.5. The van der Waals surface area contributed by atoms with Gasteiger partial charge in [0.1, 0.15) is 0 Å². The Morgan fingerprint density at radius 3 is 2.72 bits per heavy atom. The van der Waals surface area contributed by atoms with Crippen LogP contribution in [-0.4, -0.2) is 39.5 Å². The summed E-state index contributed by atoms with van der Waals surface area (Å²) in [5.41, 5.74) is 1.46. The van der Waals surface area contributed by atoms with Crippen molar-refractivity contribution in [3.63, 3.8) is 0 Å². The van der Waals surface area contributed by atoms with Gasteiger partial charge < -0.3 is 10.0 Å². The zero-order chi connectivity index (χ0) is 13.1. The molecule has 1 amide bonds. The molecule has 0 atom stereocenters. The largest absolute Gasteiger partial charge is 0.481 e. The van der Waals surface area contributed by atoms with E-state index in [1.54, 1.807) is 17.2 Å². The number of hydrogen-bond donors (Lipinski definition) is 1. The predicted molar refractivity (Wildman–Crippen MR) is 65.3 cm³/mol. The molecule has 1 aromatic rings. The van der Waals surface area contributed by atoms with E-state index in [1.807, 2.05) is 6.92 Å². The fraction of sp³-hybridized carbons (Fsp3) is 0.462. The molecule has 1 N–H and O–H groups in total. The Bertz CT molecular complexity index is 469. The van der Waals surface area contributed by atoms with Crippen LogP contribution in [0.25, 0.3) is 0 Å². The van der Waals surface area contributed by atoms with Gasteiger partial charge in [-0.1, -0.05) is 0 Å². The van der Waals surface area contributed by atoms with Gasteiger partial charge in [-0.25, -0.2) is 0 Å². The third-order valence-corrected chi connectivity index (χ3v) is 2.94. The number of pyridine rings is 1. The highest BCUT2D eigenvalue weighted by molar-refractivity contribution is 5.94. The minimum absolute atomic E-state index is 0.0124. The second-order valence-electron chi connectivity index (χ2n) is 4.62. The minimum Gasteiger partial charge on any atom is -0.481 e. The van der Waals surface area contributed by atoms with E-state index in [0.29, 0.717) is 5.56 Å². The summed E-state index contributed by atoms with van der Waals surface area (Å²) in [6.07, 6.45) is 5.14. The Morgan fingerprint density at radius 2 is 2.17 bits per heavy atom. The molecule has 1 aliphatic carbocycles. The topological polar surface area (TPSA) is 70.5 Å². The van der Waals surface area contributed by atoms with Crippen LogP contribution in [-0.2, 0) is 4.79 Å². The molecule has 0 bridgehead atoms. The van der Waals surface area contributed by atoms with E-state index in [1.165, 1.54) is 6.20 Å². The van der Waals surface area contributed by atoms with E-state index < -0.39 is 5.97 Å². The highest BCUT2D eigenvalue weighted by Gasteiger charge is 2.33. The predicted octanol–water partition coefficient (Wildman–Crippen LogP) is 1.47. The standard InChI is InChI=1S/C13H16N2O3/c1-9-6-10(8-14-7-9)13(18)15(11-2-3-11)5-4-12(16)17/h6-8,11H,2-5H2,1H3,(H,16,17). The molecule has 5 heteroatoms. The van der Waals surface area contributed by atoms with E-state index in [9.17, 15) is 9.59 Å². The van der Waals surface area contributed by atoms with Crippen molar-refractivity contribution in [1.82, 2.24) is 9.88 Å². The molecule has 0 aliphatic heterocycles. The molecule has 0 aromatic carbocycles. The SMILES string of the molecule is Cc1cncc(C(=O)N(CCC(=O)O)C2CC2)c1. The highest BCUT2D eigenvalue weighted by Crippen LogP contribution is 2.28. The summed E-state index contributed by atoms with van der Waals surface area (Å²) in [6.45, 7) is 2.15. The Labute approximate surface area is 105 Å². The molecule has 1 fully saturated rings. The lowest BCUT2D eigenvalue weighted by molar-refractivity contribution is -0.137. The van der Waals surface area contributed by atoms with Gasteiger partial charge in [0.25, 0.3) is 5.91 Å². The number of nitrogens with zero attached hydrogens (tertiary/aromatic N) is 2. The molecule has 1 heterocycles. The summed E-state index contributed by atoms with van der Waals surface area (Å²) in [7, 11) is 0. The lowest BCUT2D eigenvalue weighted by atomic mass is 10.2. The molecule has 1 aromatic heterocycles. The van der Waals surface area contributed by atoms with Gasteiger partial charge in [-0.15, -0.1) is 0 Å². The van der Waals surface area contributed by atoms with Crippen molar-refractivity contribution >= 4 is 11.9 Å². The van der Waals surface area contributed by atoms with Gasteiger partial charge in [-0.3, -0.25) is 14.6 Å². The van der Waals surface area contributed by atoms with Gasteiger partial charge in [0.05, 0.1) is 12.0 Å². The molecule has 2 rings (SSSR count). The van der Waals surface area contributed by atoms with Crippen molar-refractivity contribution < 1.29 is 14.7 Å². The molecule has 0 saturated heterocycles. The van der Waals surface area contributed by atoms with Crippen LogP contribution in [0.1, 0.15) is 35.2 Å². The lowest BCUT2D eigenvalue weighted by Gasteiger charge is -2.21. The monoisotopic (exact) mass is 248 g/mol. The van der Waals surface area contributed by atoms with Gasteiger partial charge in [-0.05, 0) is 31.4 Å². The Balaban J connectivity index is 2.10. The van der Waals surface area contributed by atoms with Crippen LogP contribution in [0.3, 0.4) is 0 Å². The summed E-state index contributed by atoms with van der Waals surface area (Å²) >= 11 is 0. The molecule has 0 unspecified atom stereocenters. The van der Waals surface area contributed by atoms with E-state index in [0.717, 1.165) is 18.4 Å². The third kappa shape index (κ3) is 3.06. The molecular formula is C13H16N2O3. The van der Waals surface area contributed by atoms with Crippen LogP contribution < -0.4 is 0 Å². The molecule has 0 spiro atoms. The molecule has 1 aliphatic rings. The van der Waals surface area contributed by atoms with Crippen LogP contribution in [0.2, 0.25) is 0 Å². The molecule has 96 valence electrons. The fourth-order valence-electron chi connectivity index (χ4n) is 1.89. The first-order valence-corrected chi connectivity index (χ1v) is 6.02. The van der Waals surface area contributed by atoms with Crippen molar-refractivity contribution in [3.05, 3.63) is 29.6 Å². The number of carboxylic acids is 1. The first-order valence-electron chi connectivity index (χ1n) is 6.02. The number of amides is 1. The van der Waals surface area contributed by atoms with Gasteiger partial charge in [0.2, 0.25) is 0 Å². The molecule has 5 nitrogen and oxygen atoms in total. The smallest absolute Gasteiger partial charge is 0.305 e. The zero-order valence-corrected chi connectivity index (χ0v) is 10.3. The summed E-state index contributed by atoms with van der Waals surface area (Å²) in [6, 6.07) is 1.99. The minimum atomic E-state index is -0.879. The number of hydrogen-bond acceptors (Lipinski definition) is 3. The van der Waals surface area contributed by atoms with Crippen molar-refractivity contribution in [1.29, 1.82) is 0 Å². The van der Waals surface area contributed by atoms with E-state index >= 15 is 0 Å². The fourth-order valence-corrected chi connectivity index (χ4v) is 1.89. The summed E-state index contributed by atoms with van der Waals surface area (Å²) in [5, 5.41) is 8.71. The summed E-state index contributed by atoms with van der Waals surface area (Å²) < 4.78 is 0. The third-order valence-electron chi connectivity index (χ3n) is 2.94. The van der Waals surface area contributed by atoms with E-state index in [2.05, 4.69) is 4.98 Å². The van der Waals surface area contributed by atoms with Gasteiger partial charge in [-0.2, -0.15) is 0 Å². The van der Waals surface area contributed by atoms with E-state index in [4.69, 9.17) is 5.11 Å². The van der Waals surface area contributed by atoms with Crippen LogP contribution in [0.15, 0.2) is 18.5 Å². The van der Waals surface area contributed by atoms with Crippen LogP contribution in [0.5, 0.6) is 0 Å². The zero-order valence-electron chi connectivity index (χ0n) is 10.3. The maximum absolute atomic E-state index is 12.3. The number of aromatic nitrogens is 1. The second-order valence-corrected chi connectivity index (χ2v) is 4.62. The van der Waals surface area contributed by atoms with Crippen molar-refractivity contribution in [2.45, 2.75) is 32.2 Å². The number of carbonyl (C=O) groups excluding carboxylic acids is 1. The van der Waals surface area contributed by atoms with Crippen molar-refractivity contribution in [2.24, 2.45) is 0 Å². The number of carbonyl (C=O) groups is 2. The Kier molecular flexibility index (Phi) is 3.60. The summed E-state index contributed by atoms with van der Waals surface area (Å²) in [5.74, 6) is -0.995. The number of rotatable bonds is 5. The summed E-state index contributed by atoms with van der Waals surface area (Å²) in [4.78, 5) is 28.5. The maximum Gasteiger partial charge on any atom is 0.305 e. The first-order chi connectivity index (χ1) is 8.58. The molecule has 0 radical (unpaired) electrons. The second kappa shape index (κ2) is 5.16. The molecule has 18 heavy (non-hydrogen) atoms. The van der Waals surface area contributed by atoms with Crippen molar-refractivity contribution in [3.8, 4) is 0 Å². The van der Waals surface area contributed by atoms with Gasteiger partial charge in [0, 0.05) is 25.0 Å². The number of aliphatic carboxylic acids is 1. The number of aryl methyl sites for hydroxylation is 1. The highest BCUT2D eigenvalue weighted by atomic mass is 16.4. The average Bonchev–Trinajstić information content (AvgIpc) is 3.13. The normalized spacial score (nSPS) is 14.3. The van der Waals surface area contributed by atoms with Crippen LogP contribution in [0, 0.1) is 6.92 Å². The molecule has 1 saturated carbocycles. The molecular weight excluding hydrogens is 232 g/mol. The van der Waals surface area contributed by atoms with Crippen LogP contribution >= 0.6 is 0 Å². The van der Waals surface area contributed by atoms with Crippen molar-refractivity contribution in [2.75, 3.05) is 6.54 Å². The van der Waals surface area contributed by atoms with Gasteiger partial charge in [0.15, 0.2) is 0 Å². The quantitative estimate of drug-likeness (QED) is 0.856.